The molecule has 0 radical (unpaired) electrons. The Morgan fingerprint density at radius 1 is 1.82 bits per heavy atom. The van der Waals surface area contributed by atoms with E-state index in [9.17, 15) is 4.79 Å². The highest BCUT2D eigenvalue weighted by molar-refractivity contribution is 5.51. The van der Waals surface area contributed by atoms with Crippen LogP contribution in [-0.2, 0) is 9.63 Å². The molecule has 1 aliphatic rings. The summed E-state index contributed by atoms with van der Waals surface area (Å²) in [6, 6.07) is 0. The summed E-state index contributed by atoms with van der Waals surface area (Å²) < 4.78 is 0. The Morgan fingerprint density at radius 2 is 2.64 bits per heavy atom. The van der Waals surface area contributed by atoms with Crippen LogP contribution in [0.25, 0.3) is 0 Å². The zero-order chi connectivity index (χ0) is 8.10. The summed E-state index contributed by atoms with van der Waals surface area (Å²) in [6.45, 7) is 3.33. The molecule has 0 bridgehead atoms. The van der Waals surface area contributed by atoms with Crippen molar-refractivity contribution in [1.29, 1.82) is 0 Å². The van der Waals surface area contributed by atoms with E-state index in [2.05, 4.69) is 5.43 Å². The number of nitrogens with zero attached hydrogens (tertiary/aromatic N) is 1. The zero-order valence-corrected chi connectivity index (χ0v) is 6.59. The molecule has 0 spiro atoms. The summed E-state index contributed by atoms with van der Waals surface area (Å²) in [5.41, 5.74) is 3.38. The Kier molecular flexibility index (Phi) is 3.11. The van der Waals surface area contributed by atoms with Crippen molar-refractivity contribution in [2.75, 3.05) is 13.2 Å². The van der Waals surface area contributed by atoms with Crippen LogP contribution in [0.15, 0.2) is 5.70 Å². The van der Waals surface area contributed by atoms with Crippen LogP contribution in [0.1, 0.15) is 19.8 Å². The predicted octanol–water partition coefficient (Wildman–Crippen LogP) is 0.254. The van der Waals surface area contributed by atoms with Gasteiger partial charge in [0.25, 0.3) is 0 Å². The molecule has 1 fully saturated rings. The molecule has 0 amide bonds. The van der Waals surface area contributed by atoms with Gasteiger partial charge in [-0.3, -0.25) is 10.3 Å². The number of hydrogen-bond donors (Lipinski definition) is 1. The van der Waals surface area contributed by atoms with E-state index in [1.54, 1.807) is 5.17 Å². The van der Waals surface area contributed by atoms with E-state index in [-0.39, 0.29) is 0 Å². The van der Waals surface area contributed by atoms with Crippen LogP contribution in [0, 0.1) is 0 Å². The Labute approximate surface area is 65.7 Å². The SMILES string of the molecule is CCON1CCCC(=C=O)N1. The number of hydrogen-bond acceptors (Lipinski definition) is 4. The fraction of sp³-hybridized carbons (Fsp3) is 0.714. The minimum atomic E-state index is 0.574. The van der Waals surface area contributed by atoms with Crippen LogP contribution in [-0.4, -0.2) is 24.3 Å². The molecule has 1 aliphatic heterocycles. The average molecular weight is 156 g/mol. The van der Waals surface area contributed by atoms with Gasteiger partial charge in [0.1, 0.15) is 11.6 Å². The van der Waals surface area contributed by atoms with Gasteiger partial charge in [0.05, 0.1) is 6.61 Å². The number of allylic oxidation sites excluding steroid dienone is 1. The van der Waals surface area contributed by atoms with E-state index in [1.165, 1.54) is 0 Å². The highest BCUT2D eigenvalue weighted by atomic mass is 16.7. The number of hydroxylamine groups is 1. The molecule has 1 rings (SSSR count). The molecule has 1 heterocycles. The van der Waals surface area contributed by atoms with Gasteiger partial charge in [-0.15, -0.1) is 5.17 Å². The molecule has 4 nitrogen and oxygen atoms in total. The van der Waals surface area contributed by atoms with Crippen molar-refractivity contribution in [1.82, 2.24) is 10.6 Å². The molecule has 0 aromatic heterocycles. The number of nitrogens with one attached hydrogen (secondary N) is 1. The summed E-state index contributed by atoms with van der Waals surface area (Å²) in [5.74, 6) is 1.83. The maximum absolute atomic E-state index is 10.2. The second kappa shape index (κ2) is 4.13. The maximum atomic E-state index is 10.2. The first kappa shape index (κ1) is 8.27. The highest BCUT2D eigenvalue weighted by Gasteiger charge is 2.13. The van der Waals surface area contributed by atoms with E-state index >= 15 is 0 Å². The normalized spacial score (nSPS) is 19.2. The Hall–Kier alpha value is -0.830. The van der Waals surface area contributed by atoms with Gasteiger partial charge in [-0.05, 0) is 13.3 Å². The van der Waals surface area contributed by atoms with Crippen LogP contribution in [0.4, 0.5) is 0 Å². The van der Waals surface area contributed by atoms with Gasteiger partial charge in [-0.25, -0.2) is 4.79 Å². The van der Waals surface area contributed by atoms with E-state index in [1.807, 2.05) is 12.9 Å². The summed E-state index contributed by atoms with van der Waals surface area (Å²) >= 11 is 0. The first-order chi connectivity index (χ1) is 5.36. The van der Waals surface area contributed by atoms with Crippen LogP contribution in [0.5, 0.6) is 0 Å². The second-order valence-corrected chi connectivity index (χ2v) is 2.32. The van der Waals surface area contributed by atoms with Crippen LogP contribution >= 0.6 is 0 Å². The molecule has 1 saturated heterocycles. The standard InChI is InChI=1S/C7H12N2O2/c1-2-11-9-5-3-4-7(6-10)8-9/h8H,2-5H2,1H3. The Balaban J connectivity index is 2.39. The lowest BCUT2D eigenvalue weighted by Gasteiger charge is -2.26. The van der Waals surface area contributed by atoms with Crippen molar-refractivity contribution in [3.05, 3.63) is 5.70 Å². The fourth-order valence-corrected chi connectivity index (χ4v) is 0.988. The quantitative estimate of drug-likeness (QED) is 0.582. The number of hydrazine groups is 1. The molecule has 0 aliphatic carbocycles. The van der Waals surface area contributed by atoms with E-state index in [0.29, 0.717) is 12.3 Å². The van der Waals surface area contributed by atoms with Crippen molar-refractivity contribution >= 4 is 5.94 Å². The third-order valence-electron chi connectivity index (χ3n) is 1.46. The molecule has 4 heteroatoms. The van der Waals surface area contributed by atoms with Gasteiger partial charge in [0, 0.05) is 13.0 Å². The summed E-state index contributed by atoms with van der Waals surface area (Å²) in [4.78, 5) is 15.3. The molecule has 62 valence electrons. The molecule has 11 heavy (non-hydrogen) atoms. The Morgan fingerprint density at radius 3 is 3.27 bits per heavy atom. The second-order valence-electron chi connectivity index (χ2n) is 2.32. The third-order valence-corrected chi connectivity index (χ3v) is 1.46. The van der Waals surface area contributed by atoms with Gasteiger partial charge in [-0.1, -0.05) is 0 Å². The minimum Gasteiger partial charge on any atom is -0.290 e. The van der Waals surface area contributed by atoms with Gasteiger partial charge in [-0.2, -0.15) is 0 Å². The van der Waals surface area contributed by atoms with Crippen LogP contribution in [0.2, 0.25) is 0 Å². The monoisotopic (exact) mass is 156 g/mol. The summed E-state index contributed by atoms with van der Waals surface area (Å²) in [6.07, 6.45) is 1.71. The highest BCUT2D eigenvalue weighted by Crippen LogP contribution is 2.07. The van der Waals surface area contributed by atoms with E-state index in [4.69, 9.17) is 4.84 Å². The first-order valence-corrected chi connectivity index (χ1v) is 3.78. The summed E-state index contributed by atoms with van der Waals surface area (Å²) in [7, 11) is 0. The van der Waals surface area contributed by atoms with Crippen molar-refractivity contribution in [3.63, 3.8) is 0 Å². The van der Waals surface area contributed by atoms with Gasteiger partial charge in [0.2, 0.25) is 0 Å². The van der Waals surface area contributed by atoms with Crippen LogP contribution < -0.4 is 5.43 Å². The largest absolute Gasteiger partial charge is 0.290 e. The molecular weight excluding hydrogens is 144 g/mol. The van der Waals surface area contributed by atoms with Crippen LogP contribution in [0.3, 0.4) is 0 Å². The smallest absolute Gasteiger partial charge is 0.146 e. The zero-order valence-electron chi connectivity index (χ0n) is 6.59. The van der Waals surface area contributed by atoms with Gasteiger partial charge < -0.3 is 0 Å². The van der Waals surface area contributed by atoms with Gasteiger partial charge >= 0.3 is 0 Å². The molecule has 0 aromatic rings. The molecule has 0 saturated carbocycles. The molecular formula is C7H12N2O2. The molecule has 0 aromatic carbocycles. The molecule has 0 atom stereocenters. The Bertz CT molecular complexity index is 173. The molecule has 1 N–H and O–H groups in total. The van der Waals surface area contributed by atoms with Gasteiger partial charge in [0.15, 0.2) is 0 Å². The molecule has 0 unspecified atom stereocenters. The third kappa shape index (κ3) is 2.35. The number of rotatable bonds is 2. The lowest BCUT2D eigenvalue weighted by Crippen LogP contribution is -2.41. The lowest BCUT2D eigenvalue weighted by molar-refractivity contribution is -0.192. The minimum absolute atomic E-state index is 0.574. The van der Waals surface area contributed by atoms with Crippen molar-refractivity contribution in [2.45, 2.75) is 19.8 Å². The average Bonchev–Trinajstić information content (AvgIpc) is 2.06. The lowest BCUT2D eigenvalue weighted by atomic mass is 10.2. The van der Waals surface area contributed by atoms with Crippen molar-refractivity contribution < 1.29 is 9.63 Å². The van der Waals surface area contributed by atoms with Crippen molar-refractivity contribution in [3.8, 4) is 0 Å². The summed E-state index contributed by atoms with van der Waals surface area (Å²) in [5, 5.41) is 1.57. The topological polar surface area (TPSA) is 41.6 Å². The van der Waals surface area contributed by atoms with Crippen molar-refractivity contribution in [2.24, 2.45) is 0 Å². The maximum Gasteiger partial charge on any atom is 0.146 e. The fourth-order valence-electron chi connectivity index (χ4n) is 0.988. The predicted molar refractivity (Wildman–Crippen MR) is 39.9 cm³/mol. The van der Waals surface area contributed by atoms with E-state index in [0.717, 1.165) is 19.4 Å². The van der Waals surface area contributed by atoms with E-state index < -0.39 is 0 Å². The first-order valence-electron chi connectivity index (χ1n) is 3.78. The number of carbonyl (C=O) groups excluding carboxylic acids is 1.